The highest BCUT2D eigenvalue weighted by molar-refractivity contribution is 9.10. The fourth-order valence-electron chi connectivity index (χ4n) is 4.34. The van der Waals surface area contributed by atoms with Crippen LogP contribution in [-0.4, -0.2) is 30.7 Å². The molecule has 0 amide bonds. The van der Waals surface area contributed by atoms with Gasteiger partial charge < -0.3 is 9.67 Å². The van der Waals surface area contributed by atoms with Crippen molar-refractivity contribution in [2.45, 2.75) is 17.5 Å². The monoisotopic (exact) mass is 568 g/mol. The molecule has 5 aromatic rings. The summed E-state index contributed by atoms with van der Waals surface area (Å²) in [6.07, 6.45) is -0.972. The molecule has 5 nitrogen and oxygen atoms in total. The second-order valence-electron chi connectivity index (χ2n) is 8.27. The van der Waals surface area contributed by atoms with Crippen LogP contribution in [0.3, 0.4) is 0 Å². The Balaban J connectivity index is 1.53. The smallest absolute Gasteiger partial charge is 0.264 e. The molecule has 1 heterocycles. The molecule has 0 aliphatic heterocycles. The van der Waals surface area contributed by atoms with Crippen LogP contribution < -0.4 is 4.31 Å². The van der Waals surface area contributed by atoms with Crippen LogP contribution in [0.25, 0.3) is 21.8 Å². The molecule has 5 rings (SSSR count). The molecule has 0 aliphatic carbocycles. The molecule has 1 aromatic heterocycles. The zero-order valence-corrected chi connectivity index (χ0v) is 21.7. The predicted molar refractivity (Wildman–Crippen MR) is 146 cm³/mol. The van der Waals surface area contributed by atoms with Gasteiger partial charge in [0, 0.05) is 31.3 Å². The van der Waals surface area contributed by atoms with Gasteiger partial charge in [-0.2, -0.15) is 0 Å². The van der Waals surface area contributed by atoms with Gasteiger partial charge in [0.05, 0.1) is 29.8 Å². The van der Waals surface area contributed by atoms with Crippen LogP contribution >= 0.6 is 27.5 Å². The number of fused-ring (bicyclic) bond motifs is 3. The molecule has 1 N–H and O–H groups in total. The molecule has 0 fully saturated rings. The molecule has 35 heavy (non-hydrogen) atoms. The Bertz CT molecular complexity index is 1550. The predicted octanol–water partition coefficient (Wildman–Crippen LogP) is 6.47. The van der Waals surface area contributed by atoms with Gasteiger partial charge in [0.1, 0.15) is 0 Å². The lowest BCUT2D eigenvalue weighted by atomic mass is 10.2. The number of hydrogen-bond donors (Lipinski definition) is 1. The van der Waals surface area contributed by atoms with Crippen molar-refractivity contribution in [1.29, 1.82) is 0 Å². The lowest BCUT2D eigenvalue weighted by molar-refractivity contribution is 0.166. The number of sulfonamides is 1. The number of benzene rings is 4. The minimum absolute atomic E-state index is 0.105. The summed E-state index contributed by atoms with van der Waals surface area (Å²) in [5.41, 5.74) is 2.44. The van der Waals surface area contributed by atoms with Gasteiger partial charge in [0.15, 0.2) is 0 Å². The summed E-state index contributed by atoms with van der Waals surface area (Å²) in [4.78, 5) is 0.105. The van der Waals surface area contributed by atoms with Crippen molar-refractivity contribution in [3.05, 3.63) is 107 Å². The van der Waals surface area contributed by atoms with E-state index in [0.29, 0.717) is 10.7 Å². The summed E-state index contributed by atoms with van der Waals surface area (Å²) >= 11 is 9.38. The fourth-order valence-corrected chi connectivity index (χ4v) is 6.24. The first-order chi connectivity index (χ1) is 16.8. The van der Waals surface area contributed by atoms with Gasteiger partial charge >= 0.3 is 0 Å². The lowest BCUT2D eigenvalue weighted by Gasteiger charge is -2.27. The molecule has 0 aliphatic rings. The van der Waals surface area contributed by atoms with Gasteiger partial charge in [-0.05, 0) is 60.7 Å². The molecular weight excluding hydrogens is 548 g/mol. The van der Waals surface area contributed by atoms with E-state index in [9.17, 15) is 13.5 Å². The van der Waals surface area contributed by atoms with Gasteiger partial charge in [0.2, 0.25) is 0 Å². The van der Waals surface area contributed by atoms with E-state index in [1.54, 1.807) is 36.4 Å². The Labute approximate surface area is 217 Å². The van der Waals surface area contributed by atoms with Crippen molar-refractivity contribution in [3.63, 3.8) is 0 Å². The Hall–Kier alpha value is -2.84. The van der Waals surface area contributed by atoms with E-state index < -0.39 is 16.1 Å². The Morgan fingerprint density at radius 2 is 1.37 bits per heavy atom. The minimum Gasteiger partial charge on any atom is -0.389 e. The Morgan fingerprint density at radius 1 is 0.829 bits per heavy atom. The highest BCUT2D eigenvalue weighted by atomic mass is 79.9. The van der Waals surface area contributed by atoms with Crippen LogP contribution in [0.5, 0.6) is 0 Å². The number of anilines is 1. The molecule has 0 spiro atoms. The van der Waals surface area contributed by atoms with Crippen molar-refractivity contribution >= 4 is 65.0 Å². The third-order valence-corrected chi connectivity index (χ3v) is 8.55. The largest absolute Gasteiger partial charge is 0.389 e. The van der Waals surface area contributed by atoms with Crippen molar-refractivity contribution in [2.24, 2.45) is 0 Å². The van der Waals surface area contributed by atoms with E-state index in [0.717, 1.165) is 26.3 Å². The first kappa shape index (κ1) is 23.9. The van der Waals surface area contributed by atoms with Crippen LogP contribution in [-0.2, 0) is 16.6 Å². The molecule has 178 valence electrons. The first-order valence-electron chi connectivity index (χ1n) is 11.0. The van der Waals surface area contributed by atoms with Gasteiger partial charge in [-0.3, -0.25) is 4.31 Å². The standard InChI is InChI=1S/C27H22BrClN2O3S/c28-19-9-13-21(14-10-19)31(35(33,34)23-15-11-20(29)12-16-23)18-22(32)17-30-26-7-3-1-5-24(26)25-6-2-4-8-27(25)30/h1-16,22,32H,17-18H2/t22-/m0/s1. The molecule has 1 atom stereocenters. The maximum Gasteiger partial charge on any atom is 0.264 e. The Morgan fingerprint density at radius 3 is 1.94 bits per heavy atom. The number of halogens is 2. The zero-order chi connectivity index (χ0) is 24.6. The summed E-state index contributed by atoms with van der Waals surface area (Å²) in [5.74, 6) is 0. The van der Waals surface area contributed by atoms with Crippen LogP contribution in [0.1, 0.15) is 0 Å². The molecule has 0 saturated heterocycles. The number of nitrogens with zero attached hydrogens (tertiary/aromatic N) is 2. The maximum atomic E-state index is 13.6. The number of aliphatic hydroxyl groups excluding tert-OH is 1. The van der Waals surface area contributed by atoms with Crippen LogP contribution in [0, 0.1) is 0 Å². The second kappa shape index (κ2) is 9.66. The van der Waals surface area contributed by atoms with Crippen molar-refractivity contribution in [2.75, 3.05) is 10.8 Å². The molecule has 8 heteroatoms. The van der Waals surface area contributed by atoms with E-state index >= 15 is 0 Å². The van der Waals surface area contributed by atoms with Gasteiger partial charge in [-0.15, -0.1) is 0 Å². The summed E-state index contributed by atoms with van der Waals surface area (Å²) in [5, 5.41) is 13.9. The minimum atomic E-state index is -3.95. The topological polar surface area (TPSA) is 62.5 Å². The van der Waals surface area contributed by atoms with Crippen LogP contribution in [0.2, 0.25) is 5.02 Å². The average molecular weight is 570 g/mol. The lowest BCUT2D eigenvalue weighted by Crippen LogP contribution is -2.39. The van der Waals surface area contributed by atoms with Crippen molar-refractivity contribution < 1.29 is 13.5 Å². The maximum absolute atomic E-state index is 13.6. The normalized spacial score (nSPS) is 12.8. The average Bonchev–Trinajstić information content (AvgIpc) is 3.17. The van der Waals surface area contributed by atoms with E-state index in [-0.39, 0.29) is 18.0 Å². The summed E-state index contributed by atoms with van der Waals surface area (Å²) in [6.45, 7) is 0.116. The van der Waals surface area contributed by atoms with E-state index in [1.807, 2.05) is 41.0 Å². The van der Waals surface area contributed by atoms with Crippen molar-refractivity contribution in [1.82, 2.24) is 4.57 Å². The third-order valence-electron chi connectivity index (χ3n) is 5.97. The summed E-state index contributed by atoms with van der Waals surface area (Å²) in [7, 11) is -3.95. The Kier molecular flexibility index (Phi) is 6.59. The number of para-hydroxylation sites is 2. The van der Waals surface area contributed by atoms with Gasteiger partial charge in [-0.1, -0.05) is 63.9 Å². The summed E-state index contributed by atoms with van der Waals surface area (Å²) < 4.78 is 31.4. The highest BCUT2D eigenvalue weighted by Crippen LogP contribution is 2.30. The zero-order valence-electron chi connectivity index (χ0n) is 18.6. The third kappa shape index (κ3) is 4.69. The number of aliphatic hydroxyl groups is 1. The van der Waals surface area contributed by atoms with Gasteiger partial charge in [0.25, 0.3) is 10.0 Å². The summed E-state index contributed by atoms with van der Waals surface area (Å²) in [6, 6.07) is 29.1. The molecule has 4 aromatic carbocycles. The number of aromatic nitrogens is 1. The second-order valence-corrected chi connectivity index (χ2v) is 11.5. The molecule has 0 saturated carbocycles. The number of rotatable bonds is 7. The van der Waals surface area contributed by atoms with Gasteiger partial charge in [-0.25, -0.2) is 8.42 Å². The first-order valence-corrected chi connectivity index (χ1v) is 13.6. The van der Waals surface area contributed by atoms with Crippen molar-refractivity contribution in [3.8, 4) is 0 Å². The molecular formula is C27H22BrClN2O3S. The SMILES string of the molecule is O=S(=O)(c1ccc(Cl)cc1)N(C[C@@H](O)Cn1c2ccccc2c2ccccc21)c1ccc(Br)cc1. The van der Waals surface area contributed by atoms with E-state index in [1.165, 1.54) is 16.4 Å². The highest BCUT2D eigenvalue weighted by Gasteiger charge is 2.28. The van der Waals surface area contributed by atoms with Crippen LogP contribution in [0.4, 0.5) is 5.69 Å². The van der Waals surface area contributed by atoms with Crippen LogP contribution in [0.15, 0.2) is 106 Å². The van der Waals surface area contributed by atoms with E-state index in [4.69, 9.17) is 11.6 Å². The molecule has 0 unspecified atom stereocenters. The quantitative estimate of drug-likeness (QED) is 0.244. The fraction of sp³-hybridized carbons (Fsp3) is 0.111. The molecule has 0 bridgehead atoms. The van der Waals surface area contributed by atoms with E-state index in [2.05, 4.69) is 28.1 Å². The molecule has 0 radical (unpaired) electrons. The number of hydrogen-bond acceptors (Lipinski definition) is 3.